The third-order valence-corrected chi connectivity index (χ3v) is 3.57. The minimum Gasteiger partial charge on any atom is -0.463 e. The van der Waals surface area contributed by atoms with Crippen LogP contribution in [0, 0.1) is 0 Å². The molecule has 0 saturated heterocycles. The van der Waals surface area contributed by atoms with Crippen molar-refractivity contribution < 1.29 is 52.2 Å². The van der Waals surface area contributed by atoms with Gasteiger partial charge in [-0.3, -0.25) is 4.79 Å². The SMILES string of the molecule is C=C(C)C(=O)OCCOCCOCCOCCOCCOCCOCCOCCOC(C)=O. The fourth-order valence-electron chi connectivity index (χ4n) is 1.98. The summed E-state index contributed by atoms with van der Waals surface area (Å²) in [7, 11) is 0. The second-order valence-electron chi connectivity index (χ2n) is 6.54. The van der Waals surface area contributed by atoms with Crippen LogP contribution < -0.4 is 0 Å². The van der Waals surface area contributed by atoms with Crippen molar-refractivity contribution in [2.45, 2.75) is 13.8 Å². The highest BCUT2D eigenvalue weighted by Gasteiger charge is 2.01. The maximum Gasteiger partial charge on any atom is 0.333 e. The molecule has 0 N–H and O–H groups in total. The predicted octanol–water partition coefficient (Wildman–Crippen LogP) is 0.785. The summed E-state index contributed by atoms with van der Waals surface area (Å²) in [5.74, 6) is -0.729. The van der Waals surface area contributed by atoms with Gasteiger partial charge in [0, 0.05) is 12.5 Å². The fourth-order valence-corrected chi connectivity index (χ4v) is 1.98. The second-order valence-corrected chi connectivity index (χ2v) is 6.54. The van der Waals surface area contributed by atoms with Crippen LogP contribution in [-0.2, 0) is 52.2 Å². The molecule has 0 fully saturated rings. The summed E-state index contributed by atoms with van der Waals surface area (Å²) in [5, 5.41) is 0. The Balaban J connectivity index is 3.07. The van der Waals surface area contributed by atoms with E-state index in [-0.39, 0.29) is 19.2 Å². The molecule has 0 aromatic rings. The molecule has 0 amide bonds. The highest BCUT2D eigenvalue weighted by Crippen LogP contribution is 1.91. The summed E-state index contributed by atoms with van der Waals surface area (Å²) < 4.78 is 47.0. The van der Waals surface area contributed by atoms with Crippen LogP contribution in [-0.4, -0.2) is 118 Å². The quantitative estimate of drug-likeness (QED) is 0.105. The Morgan fingerprint density at radius 1 is 0.455 bits per heavy atom. The first kappa shape index (κ1) is 31.4. The molecule has 0 radical (unpaired) electrons. The zero-order chi connectivity index (χ0) is 24.4. The molecular weight excluding hydrogens is 440 g/mol. The van der Waals surface area contributed by atoms with E-state index in [1.807, 2.05) is 0 Å². The molecule has 0 aliphatic rings. The topological polar surface area (TPSA) is 117 Å². The zero-order valence-corrected chi connectivity index (χ0v) is 20.0. The van der Waals surface area contributed by atoms with Crippen molar-refractivity contribution in [1.29, 1.82) is 0 Å². The van der Waals surface area contributed by atoms with Crippen LogP contribution in [0.5, 0.6) is 0 Å². The minimum absolute atomic E-state index is 0.199. The predicted molar refractivity (Wildman–Crippen MR) is 118 cm³/mol. The molecule has 11 nitrogen and oxygen atoms in total. The first-order valence-corrected chi connectivity index (χ1v) is 11.0. The molecule has 0 bridgehead atoms. The number of carbonyl (C=O) groups excluding carboxylic acids is 2. The molecular formula is C22H40O11. The Morgan fingerprint density at radius 2 is 0.697 bits per heavy atom. The van der Waals surface area contributed by atoms with Crippen LogP contribution in [0.4, 0.5) is 0 Å². The lowest BCUT2D eigenvalue weighted by atomic mass is 10.4. The number of hydrogen-bond acceptors (Lipinski definition) is 11. The van der Waals surface area contributed by atoms with Crippen molar-refractivity contribution in [3.8, 4) is 0 Å². The maximum atomic E-state index is 11.1. The van der Waals surface area contributed by atoms with Gasteiger partial charge in [0.25, 0.3) is 0 Å². The molecule has 0 rings (SSSR count). The van der Waals surface area contributed by atoms with Crippen molar-refractivity contribution in [1.82, 2.24) is 0 Å². The molecule has 33 heavy (non-hydrogen) atoms. The van der Waals surface area contributed by atoms with Gasteiger partial charge in [-0.1, -0.05) is 6.58 Å². The van der Waals surface area contributed by atoms with Crippen molar-refractivity contribution >= 4 is 11.9 Å². The molecule has 0 heterocycles. The summed E-state index contributed by atoms with van der Waals surface area (Å²) in [6, 6.07) is 0. The van der Waals surface area contributed by atoms with Crippen molar-refractivity contribution in [3.63, 3.8) is 0 Å². The van der Waals surface area contributed by atoms with E-state index in [0.717, 1.165) is 0 Å². The van der Waals surface area contributed by atoms with Gasteiger partial charge < -0.3 is 42.6 Å². The van der Waals surface area contributed by atoms with Crippen LogP contribution in [0.2, 0.25) is 0 Å². The lowest BCUT2D eigenvalue weighted by Crippen LogP contribution is -2.15. The monoisotopic (exact) mass is 480 g/mol. The van der Waals surface area contributed by atoms with Gasteiger partial charge in [0.05, 0.1) is 92.5 Å². The average molecular weight is 481 g/mol. The number of ether oxygens (including phenoxy) is 9. The molecule has 0 aliphatic carbocycles. The lowest BCUT2D eigenvalue weighted by Gasteiger charge is -2.08. The van der Waals surface area contributed by atoms with Gasteiger partial charge in [0.1, 0.15) is 13.2 Å². The van der Waals surface area contributed by atoms with Gasteiger partial charge in [0.15, 0.2) is 0 Å². The van der Waals surface area contributed by atoms with Crippen molar-refractivity contribution in [3.05, 3.63) is 12.2 Å². The molecule has 0 atom stereocenters. The molecule has 0 aliphatic heterocycles. The summed E-state index contributed by atoms with van der Waals surface area (Å²) in [6.07, 6.45) is 0. The first-order valence-electron chi connectivity index (χ1n) is 11.0. The third kappa shape index (κ3) is 26.5. The second kappa shape index (κ2) is 25.0. The highest BCUT2D eigenvalue weighted by atomic mass is 16.6. The first-order chi connectivity index (χ1) is 16.0. The minimum atomic E-state index is -0.415. The van der Waals surface area contributed by atoms with E-state index in [2.05, 4.69) is 6.58 Å². The highest BCUT2D eigenvalue weighted by molar-refractivity contribution is 5.86. The van der Waals surface area contributed by atoms with Gasteiger partial charge in [-0.15, -0.1) is 0 Å². The lowest BCUT2D eigenvalue weighted by molar-refractivity contribution is -0.143. The molecule has 0 unspecified atom stereocenters. The Kier molecular flexibility index (Phi) is 23.8. The van der Waals surface area contributed by atoms with E-state index in [9.17, 15) is 9.59 Å². The number of esters is 2. The van der Waals surface area contributed by atoms with E-state index in [1.165, 1.54) is 6.92 Å². The van der Waals surface area contributed by atoms with E-state index in [1.54, 1.807) is 6.92 Å². The van der Waals surface area contributed by atoms with Gasteiger partial charge in [0.2, 0.25) is 0 Å². The van der Waals surface area contributed by atoms with E-state index in [4.69, 9.17) is 42.6 Å². The fraction of sp³-hybridized carbons (Fsp3) is 0.818. The Hall–Kier alpha value is -1.60. The van der Waals surface area contributed by atoms with Gasteiger partial charge in [-0.05, 0) is 6.92 Å². The standard InChI is InChI=1S/C22H40O11/c1-20(2)22(24)33-19-17-31-15-13-29-11-9-27-7-5-25-4-6-26-8-10-28-12-14-30-16-18-32-21(3)23/h1,4-19H2,2-3H3. The van der Waals surface area contributed by atoms with Crippen molar-refractivity contribution in [2.24, 2.45) is 0 Å². The maximum absolute atomic E-state index is 11.1. The number of hydrogen-bond donors (Lipinski definition) is 0. The number of carbonyl (C=O) groups is 2. The Labute approximate surface area is 196 Å². The Morgan fingerprint density at radius 3 is 0.939 bits per heavy atom. The number of rotatable bonds is 25. The van der Waals surface area contributed by atoms with Crippen LogP contribution in [0.1, 0.15) is 13.8 Å². The van der Waals surface area contributed by atoms with Crippen LogP contribution in [0.25, 0.3) is 0 Å². The summed E-state index contributed by atoms with van der Waals surface area (Å²) >= 11 is 0. The molecule has 0 spiro atoms. The normalized spacial score (nSPS) is 10.8. The van der Waals surface area contributed by atoms with E-state index >= 15 is 0 Å². The average Bonchev–Trinajstić information content (AvgIpc) is 2.78. The molecule has 0 saturated carbocycles. The molecule has 0 aromatic carbocycles. The van der Waals surface area contributed by atoms with Gasteiger partial charge in [-0.25, -0.2) is 4.79 Å². The summed E-state index contributed by atoms with van der Waals surface area (Å²) in [6.45, 7) is 13.2. The zero-order valence-electron chi connectivity index (χ0n) is 20.0. The van der Waals surface area contributed by atoms with E-state index in [0.29, 0.717) is 98.1 Å². The molecule has 11 heteroatoms. The van der Waals surface area contributed by atoms with E-state index < -0.39 is 5.97 Å². The van der Waals surface area contributed by atoms with Crippen LogP contribution >= 0.6 is 0 Å². The van der Waals surface area contributed by atoms with Crippen molar-refractivity contribution in [2.75, 3.05) is 106 Å². The summed E-state index contributed by atoms with van der Waals surface area (Å²) in [4.78, 5) is 21.7. The molecule has 0 aromatic heterocycles. The van der Waals surface area contributed by atoms with Gasteiger partial charge in [-0.2, -0.15) is 0 Å². The van der Waals surface area contributed by atoms with Crippen LogP contribution in [0.3, 0.4) is 0 Å². The largest absolute Gasteiger partial charge is 0.463 e. The molecule has 194 valence electrons. The van der Waals surface area contributed by atoms with Gasteiger partial charge >= 0.3 is 11.9 Å². The Bertz CT molecular complexity index is 485. The van der Waals surface area contributed by atoms with Crippen LogP contribution in [0.15, 0.2) is 12.2 Å². The third-order valence-electron chi connectivity index (χ3n) is 3.57. The summed E-state index contributed by atoms with van der Waals surface area (Å²) in [5.41, 5.74) is 0.368. The smallest absolute Gasteiger partial charge is 0.333 e.